The monoisotopic (exact) mass is 277 g/mol. The van der Waals surface area contributed by atoms with Gasteiger partial charge in [0.15, 0.2) is 0 Å². The quantitative estimate of drug-likeness (QED) is 0.553. The fourth-order valence-corrected chi connectivity index (χ4v) is 2.88. The molecule has 6 nitrogen and oxygen atoms in total. The minimum absolute atomic E-state index is 0.108. The van der Waals surface area contributed by atoms with E-state index in [1.807, 2.05) is 6.92 Å². The van der Waals surface area contributed by atoms with Gasteiger partial charge in [-0.1, -0.05) is 0 Å². The summed E-state index contributed by atoms with van der Waals surface area (Å²) in [5.74, 6) is 9.21. The van der Waals surface area contributed by atoms with E-state index in [1.54, 1.807) is 0 Å². The van der Waals surface area contributed by atoms with E-state index in [0.717, 1.165) is 42.4 Å². The molecule has 0 atom stereocenters. The van der Waals surface area contributed by atoms with E-state index in [9.17, 15) is 5.11 Å². The molecule has 0 spiro atoms. The van der Waals surface area contributed by atoms with Crippen LogP contribution in [-0.4, -0.2) is 34.8 Å². The van der Waals surface area contributed by atoms with Gasteiger partial charge in [-0.3, -0.25) is 0 Å². The smallest absolute Gasteiger partial charge is 0.148 e. The summed E-state index contributed by atoms with van der Waals surface area (Å²) in [6.45, 7) is 2.91. The average molecular weight is 277 g/mol. The molecule has 4 N–H and O–H groups in total. The number of aromatic nitrogens is 2. The zero-order chi connectivity index (χ0) is 14.3. The first-order valence-corrected chi connectivity index (χ1v) is 7.32. The summed E-state index contributed by atoms with van der Waals surface area (Å²) < 4.78 is 0. The van der Waals surface area contributed by atoms with Crippen LogP contribution in [0.15, 0.2) is 0 Å². The van der Waals surface area contributed by atoms with Crippen LogP contribution in [0.1, 0.15) is 43.0 Å². The van der Waals surface area contributed by atoms with Gasteiger partial charge >= 0.3 is 0 Å². The third-order valence-electron chi connectivity index (χ3n) is 4.32. The highest BCUT2D eigenvalue weighted by Gasteiger charge is 2.31. The molecule has 0 saturated heterocycles. The molecule has 0 aromatic carbocycles. The van der Waals surface area contributed by atoms with Crippen molar-refractivity contribution >= 4 is 11.6 Å². The molecule has 0 radical (unpaired) electrons. The number of hydrazine groups is 1. The first-order valence-electron chi connectivity index (χ1n) is 7.32. The molecule has 2 aliphatic carbocycles. The van der Waals surface area contributed by atoms with Gasteiger partial charge in [-0.15, -0.1) is 0 Å². The van der Waals surface area contributed by atoms with Crippen LogP contribution < -0.4 is 16.2 Å². The Balaban J connectivity index is 1.81. The van der Waals surface area contributed by atoms with E-state index >= 15 is 0 Å². The van der Waals surface area contributed by atoms with Crippen molar-refractivity contribution in [3.8, 4) is 0 Å². The van der Waals surface area contributed by atoms with Crippen LogP contribution in [0.5, 0.6) is 0 Å². The Morgan fingerprint density at radius 2 is 2.05 bits per heavy atom. The average Bonchev–Trinajstić information content (AvgIpc) is 3.21. The van der Waals surface area contributed by atoms with Gasteiger partial charge in [-0.05, 0) is 38.5 Å². The van der Waals surface area contributed by atoms with E-state index in [-0.39, 0.29) is 6.10 Å². The van der Waals surface area contributed by atoms with Crippen molar-refractivity contribution in [3.63, 3.8) is 0 Å². The van der Waals surface area contributed by atoms with Crippen LogP contribution >= 0.6 is 0 Å². The third-order valence-corrected chi connectivity index (χ3v) is 4.32. The predicted octanol–water partition coefficient (Wildman–Crippen LogP) is 1.16. The summed E-state index contributed by atoms with van der Waals surface area (Å²) >= 11 is 0. The van der Waals surface area contributed by atoms with Gasteiger partial charge in [-0.25, -0.2) is 15.8 Å². The van der Waals surface area contributed by atoms with E-state index in [4.69, 9.17) is 10.8 Å². The maximum Gasteiger partial charge on any atom is 0.148 e. The lowest BCUT2D eigenvalue weighted by Crippen LogP contribution is -2.37. The minimum atomic E-state index is -0.108. The van der Waals surface area contributed by atoms with Crippen LogP contribution in [-0.2, 0) is 0 Å². The Hall–Kier alpha value is -1.40. The predicted molar refractivity (Wildman–Crippen MR) is 78.6 cm³/mol. The standard InChI is InChI=1S/C14H23N5O/c1-8-12(18-15)16-13(10-3-4-10)17-14(8)19(2)7-9-5-11(20)6-9/h9-11,20H,3-7,15H2,1-2H3,(H,16,17,18). The van der Waals surface area contributed by atoms with Gasteiger partial charge in [0.05, 0.1) is 6.10 Å². The Kier molecular flexibility index (Phi) is 3.52. The third kappa shape index (κ3) is 2.58. The molecule has 0 aliphatic heterocycles. The second-order valence-corrected chi connectivity index (χ2v) is 6.17. The van der Waals surface area contributed by atoms with E-state index in [0.29, 0.717) is 11.8 Å². The molecule has 6 heteroatoms. The van der Waals surface area contributed by atoms with Crippen LogP contribution in [0, 0.1) is 12.8 Å². The Labute approximate surface area is 119 Å². The molecule has 0 amide bonds. The molecule has 110 valence electrons. The highest BCUT2D eigenvalue weighted by atomic mass is 16.3. The number of nitrogens with two attached hydrogens (primary N) is 1. The zero-order valence-electron chi connectivity index (χ0n) is 12.1. The molecular weight excluding hydrogens is 254 g/mol. The molecule has 1 aromatic rings. The summed E-state index contributed by atoms with van der Waals surface area (Å²) in [5, 5.41) is 9.39. The summed E-state index contributed by atoms with van der Waals surface area (Å²) in [4.78, 5) is 11.4. The molecule has 2 aliphatic rings. The number of nitrogen functional groups attached to an aromatic ring is 1. The lowest BCUT2D eigenvalue weighted by molar-refractivity contribution is 0.0464. The van der Waals surface area contributed by atoms with Crippen LogP contribution in [0.2, 0.25) is 0 Å². The summed E-state index contributed by atoms with van der Waals surface area (Å²) in [5.41, 5.74) is 3.67. The number of nitrogens with one attached hydrogen (secondary N) is 1. The van der Waals surface area contributed by atoms with E-state index < -0.39 is 0 Å². The van der Waals surface area contributed by atoms with Gasteiger partial charge in [0, 0.05) is 25.1 Å². The van der Waals surface area contributed by atoms with Crippen LogP contribution in [0.3, 0.4) is 0 Å². The van der Waals surface area contributed by atoms with Crippen LogP contribution in [0.4, 0.5) is 11.6 Å². The van der Waals surface area contributed by atoms with Crippen molar-refractivity contribution in [1.29, 1.82) is 0 Å². The largest absolute Gasteiger partial charge is 0.393 e. The maximum atomic E-state index is 9.39. The molecule has 1 heterocycles. The van der Waals surface area contributed by atoms with Crippen molar-refractivity contribution in [2.75, 3.05) is 23.9 Å². The fourth-order valence-electron chi connectivity index (χ4n) is 2.88. The van der Waals surface area contributed by atoms with E-state index in [1.165, 1.54) is 12.8 Å². The van der Waals surface area contributed by atoms with Crippen LogP contribution in [0.25, 0.3) is 0 Å². The number of nitrogens with zero attached hydrogens (tertiary/aromatic N) is 3. The van der Waals surface area contributed by atoms with Gasteiger partial charge in [0.25, 0.3) is 0 Å². The van der Waals surface area contributed by atoms with Crippen molar-refractivity contribution in [3.05, 3.63) is 11.4 Å². The topological polar surface area (TPSA) is 87.3 Å². The lowest BCUT2D eigenvalue weighted by atomic mass is 9.82. The number of aliphatic hydroxyl groups is 1. The zero-order valence-corrected chi connectivity index (χ0v) is 12.1. The molecular formula is C14H23N5O. The molecule has 0 unspecified atom stereocenters. The van der Waals surface area contributed by atoms with Gasteiger partial charge in [0.2, 0.25) is 0 Å². The lowest BCUT2D eigenvalue weighted by Gasteiger charge is -2.35. The van der Waals surface area contributed by atoms with Gasteiger partial charge in [-0.2, -0.15) is 0 Å². The molecule has 1 aromatic heterocycles. The SMILES string of the molecule is Cc1c(NN)nc(C2CC2)nc1N(C)CC1CC(O)C1. The van der Waals surface area contributed by atoms with Crippen molar-refractivity contribution in [2.45, 2.75) is 44.6 Å². The van der Waals surface area contributed by atoms with Gasteiger partial charge < -0.3 is 15.4 Å². The number of anilines is 2. The summed E-state index contributed by atoms with van der Waals surface area (Å²) in [6, 6.07) is 0. The Morgan fingerprint density at radius 1 is 1.35 bits per heavy atom. The van der Waals surface area contributed by atoms with Gasteiger partial charge in [0.1, 0.15) is 17.5 Å². The number of aliphatic hydroxyl groups excluding tert-OH is 1. The van der Waals surface area contributed by atoms with E-state index in [2.05, 4.69) is 22.4 Å². The molecule has 2 fully saturated rings. The Morgan fingerprint density at radius 3 is 2.60 bits per heavy atom. The first-order chi connectivity index (χ1) is 9.58. The van der Waals surface area contributed by atoms with Crippen molar-refractivity contribution in [2.24, 2.45) is 11.8 Å². The maximum absolute atomic E-state index is 9.39. The Bertz CT molecular complexity index is 497. The summed E-state index contributed by atoms with van der Waals surface area (Å²) in [6.07, 6.45) is 4.02. The minimum Gasteiger partial charge on any atom is -0.393 e. The fraction of sp³-hybridized carbons (Fsp3) is 0.714. The normalized spacial score (nSPS) is 25.2. The second-order valence-electron chi connectivity index (χ2n) is 6.17. The number of hydrogen-bond donors (Lipinski definition) is 3. The first kappa shape index (κ1) is 13.6. The number of rotatable bonds is 5. The molecule has 3 rings (SSSR count). The van der Waals surface area contributed by atoms with Crippen molar-refractivity contribution < 1.29 is 5.11 Å². The van der Waals surface area contributed by atoms with Crippen molar-refractivity contribution in [1.82, 2.24) is 9.97 Å². The molecule has 2 saturated carbocycles. The number of hydrogen-bond acceptors (Lipinski definition) is 6. The highest BCUT2D eigenvalue weighted by molar-refractivity contribution is 5.58. The summed E-state index contributed by atoms with van der Waals surface area (Å²) in [7, 11) is 2.05. The molecule has 0 bridgehead atoms. The highest BCUT2D eigenvalue weighted by Crippen LogP contribution is 2.40. The molecule has 20 heavy (non-hydrogen) atoms. The second kappa shape index (κ2) is 5.18.